The van der Waals surface area contributed by atoms with Crippen LogP contribution in [0.1, 0.15) is 6.23 Å². The van der Waals surface area contributed by atoms with Gasteiger partial charge in [0.25, 0.3) is 0 Å². The third-order valence-corrected chi connectivity index (χ3v) is 3.90. The topological polar surface area (TPSA) is 127 Å². The largest absolute Gasteiger partial charge is 0.463 e. The number of fused-ring (bicyclic) bond motifs is 1. The second kappa shape index (κ2) is 5.39. The molecule has 120 valence electrons. The van der Waals surface area contributed by atoms with Gasteiger partial charge in [-0.3, -0.25) is 4.57 Å². The molecule has 23 heavy (non-hydrogen) atoms. The van der Waals surface area contributed by atoms with E-state index < -0.39 is 31.1 Å². The van der Waals surface area contributed by atoms with Crippen molar-refractivity contribution in [1.82, 2.24) is 19.5 Å². The number of hydrogen-bond donors (Lipinski definition) is 3. The lowest BCUT2D eigenvalue weighted by Gasteiger charge is -2.16. The van der Waals surface area contributed by atoms with Gasteiger partial charge >= 0.3 is 0 Å². The van der Waals surface area contributed by atoms with Crippen molar-refractivity contribution in [2.24, 2.45) is 0 Å². The predicted molar refractivity (Wildman–Crippen MR) is 76.0 cm³/mol. The second-order valence-electron chi connectivity index (χ2n) is 5.25. The predicted octanol–water partition coefficient (Wildman–Crippen LogP) is -0.302. The standard InChI is InChI=1S/C14H14N4O5/c19-4-8-11(20)12(21)14(23-8)18-6-17-10-9(7-2-1-3-22-7)15-5-16-13(10)18/h1-3,5-6,8,11-12,14,19-21H,4H2/t8-,11?,12+,14-/m1/s1. The van der Waals surface area contributed by atoms with Crippen LogP contribution >= 0.6 is 0 Å². The van der Waals surface area contributed by atoms with Crippen LogP contribution in [-0.4, -0.2) is 59.8 Å². The Hall–Kier alpha value is -2.33. The molecule has 3 aromatic heterocycles. The zero-order valence-corrected chi connectivity index (χ0v) is 11.9. The third kappa shape index (κ3) is 2.13. The molecule has 1 fully saturated rings. The van der Waals surface area contributed by atoms with Gasteiger partial charge in [-0.25, -0.2) is 15.0 Å². The summed E-state index contributed by atoms with van der Waals surface area (Å²) in [5.74, 6) is 0.545. The quantitative estimate of drug-likeness (QED) is 0.600. The summed E-state index contributed by atoms with van der Waals surface area (Å²) in [6.07, 6.45) is 0.198. The van der Waals surface area contributed by atoms with E-state index in [0.29, 0.717) is 22.6 Å². The SMILES string of the molecule is OC[C@H]1O[C@@H](n2cnc3c(-c4ccco4)ncnc32)[C@@H](O)C1O. The summed E-state index contributed by atoms with van der Waals surface area (Å²) in [5, 5.41) is 29.2. The van der Waals surface area contributed by atoms with Crippen molar-refractivity contribution in [2.75, 3.05) is 6.61 Å². The highest BCUT2D eigenvalue weighted by Gasteiger charge is 2.44. The van der Waals surface area contributed by atoms with Crippen LogP contribution in [-0.2, 0) is 4.74 Å². The van der Waals surface area contributed by atoms with E-state index in [-0.39, 0.29) is 0 Å². The zero-order chi connectivity index (χ0) is 16.0. The summed E-state index contributed by atoms with van der Waals surface area (Å²) >= 11 is 0. The van der Waals surface area contributed by atoms with E-state index in [4.69, 9.17) is 9.15 Å². The third-order valence-electron chi connectivity index (χ3n) is 3.90. The van der Waals surface area contributed by atoms with Gasteiger partial charge in [0.1, 0.15) is 35.8 Å². The fourth-order valence-electron chi connectivity index (χ4n) is 2.74. The van der Waals surface area contributed by atoms with Gasteiger partial charge in [-0.2, -0.15) is 0 Å². The van der Waals surface area contributed by atoms with E-state index in [9.17, 15) is 15.3 Å². The first kappa shape index (κ1) is 14.3. The number of furan rings is 1. The molecule has 0 bridgehead atoms. The van der Waals surface area contributed by atoms with Crippen LogP contribution in [0.15, 0.2) is 35.5 Å². The first-order chi connectivity index (χ1) is 11.2. The molecule has 0 amide bonds. The minimum atomic E-state index is -1.20. The Labute approximate surface area is 129 Å². The summed E-state index contributed by atoms with van der Waals surface area (Å²) in [6.45, 7) is -0.395. The van der Waals surface area contributed by atoms with E-state index in [2.05, 4.69) is 15.0 Å². The van der Waals surface area contributed by atoms with Crippen molar-refractivity contribution < 1.29 is 24.5 Å². The van der Waals surface area contributed by atoms with Crippen LogP contribution in [0.3, 0.4) is 0 Å². The lowest BCUT2D eigenvalue weighted by molar-refractivity contribution is -0.0511. The fraction of sp³-hybridized carbons (Fsp3) is 0.357. The van der Waals surface area contributed by atoms with Crippen LogP contribution in [0.4, 0.5) is 0 Å². The van der Waals surface area contributed by atoms with Crippen molar-refractivity contribution in [2.45, 2.75) is 24.5 Å². The van der Waals surface area contributed by atoms with Gasteiger partial charge < -0.3 is 24.5 Å². The number of imidazole rings is 1. The fourth-order valence-corrected chi connectivity index (χ4v) is 2.74. The van der Waals surface area contributed by atoms with Crippen molar-refractivity contribution in [3.63, 3.8) is 0 Å². The molecule has 4 rings (SSSR count). The Kier molecular flexibility index (Phi) is 3.34. The first-order valence-corrected chi connectivity index (χ1v) is 7.04. The smallest absolute Gasteiger partial charge is 0.166 e. The summed E-state index contributed by atoms with van der Waals surface area (Å²) in [7, 11) is 0. The first-order valence-electron chi connectivity index (χ1n) is 7.04. The van der Waals surface area contributed by atoms with Crippen molar-refractivity contribution in [3.8, 4) is 11.5 Å². The lowest BCUT2D eigenvalue weighted by Crippen LogP contribution is -2.33. The van der Waals surface area contributed by atoms with Crippen LogP contribution in [0.5, 0.6) is 0 Å². The Morgan fingerprint density at radius 3 is 2.74 bits per heavy atom. The summed E-state index contributed by atoms with van der Waals surface area (Å²) < 4.78 is 12.4. The Morgan fingerprint density at radius 1 is 1.17 bits per heavy atom. The van der Waals surface area contributed by atoms with E-state index >= 15 is 0 Å². The van der Waals surface area contributed by atoms with Crippen molar-refractivity contribution >= 4 is 11.2 Å². The van der Waals surface area contributed by atoms with Crippen LogP contribution < -0.4 is 0 Å². The van der Waals surface area contributed by atoms with Gasteiger partial charge in [0.15, 0.2) is 17.6 Å². The van der Waals surface area contributed by atoms with Crippen LogP contribution in [0.2, 0.25) is 0 Å². The zero-order valence-electron chi connectivity index (χ0n) is 11.9. The number of aliphatic hydroxyl groups is 3. The molecule has 0 radical (unpaired) electrons. The Balaban J connectivity index is 1.80. The second-order valence-corrected chi connectivity index (χ2v) is 5.25. The maximum atomic E-state index is 10.1. The number of ether oxygens (including phenoxy) is 1. The average molecular weight is 318 g/mol. The number of aliphatic hydroxyl groups excluding tert-OH is 3. The molecular weight excluding hydrogens is 304 g/mol. The summed E-state index contributed by atoms with van der Waals surface area (Å²) in [6, 6.07) is 3.50. The van der Waals surface area contributed by atoms with Gasteiger partial charge in [-0.1, -0.05) is 0 Å². The number of hydrogen-bond acceptors (Lipinski definition) is 8. The molecule has 1 aliphatic heterocycles. The van der Waals surface area contributed by atoms with Crippen molar-refractivity contribution in [3.05, 3.63) is 31.1 Å². The van der Waals surface area contributed by atoms with Crippen molar-refractivity contribution in [1.29, 1.82) is 0 Å². The Morgan fingerprint density at radius 2 is 2.04 bits per heavy atom. The number of nitrogens with zero attached hydrogens (tertiary/aromatic N) is 4. The van der Waals surface area contributed by atoms with Gasteiger partial charge in [-0.05, 0) is 12.1 Å². The van der Waals surface area contributed by atoms with Gasteiger partial charge in [-0.15, -0.1) is 0 Å². The van der Waals surface area contributed by atoms with Crippen LogP contribution in [0.25, 0.3) is 22.6 Å². The van der Waals surface area contributed by atoms with E-state index in [1.165, 1.54) is 23.5 Å². The highest BCUT2D eigenvalue weighted by atomic mass is 16.6. The molecule has 3 N–H and O–H groups in total. The Bertz CT molecular complexity index is 818. The molecule has 9 heteroatoms. The molecule has 0 spiro atoms. The molecule has 4 heterocycles. The molecule has 0 aliphatic carbocycles. The normalized spacial score (nSPS) is 27.8. The van der Waals surface area contributed by atoms with E-state index in [1.54, 1.807) is 12.1 Å². The summed E-state index contributed by atoms with van der Waals surface area (Å²) in [4.78, 5) is 12.6. The minimum absolute atomic E-state index is 0.395. The molecule has 0 saturated carbocycles. The monoisotopic (exact) mass is 318 g/mol. The maximum Gasteiger partial charge on any atom is 0.166 e. The van der Waals surface area contributed by atoms with Crippen LogP contribution in [0, 0.1) is 0 Å². The van der Waals surface area contributed by atoms with E-state index in [1.807, 2.05) is 0 Å². The minimum Gasteiger partial charge on any atom is -0.463 e. The van der Waals surface area contributed by atoms with Gasteiger partial charge in [0.2, 0.25) is 0 Å². The average Bonchev–Trinajstić information content (AvgIpc) is 3.28. The number of rotatable bonds is 3. The molecule has 1 aliphatic rings. The highest BCUT2D eigenvalue weighted by Crippen LogP contribution is 2.32. The van der Waals surface area contributed by atoms with Gasteiger partial charge in [0.05, 0.1) is 19.2 Å². The van der Waals surface area contributed by atoms with E-state index in [0.717, 1.165) is 0 Å². The number of aromatic nitrogens is 4. The maximum absolute atomic E-state index is 10.1. The molecule has 1 saturated heterocycles. The highest BCUT2D eigenvalue weighted by molar-refractivity contribution is 5.85. The molecule has 3 aromatic rings. The molecule has 9 nitrogen and oxygen atoms in total. The molecule has 4 atom stereocenters. The molecule has 1 unspecified atom stereocenters. The molecular formula is C14H14N4O5. The lowest BCUT2D eigenvalue weighted by atomic mass is 10.1. The summed E-state index contributed by atoms with van der Waals surface area (Å²) in [5.41, 5.74) is 1.44. The molecule has 0 aromatic carbocycles. The van der Waals surface area contributed by atoms with Gasteiger partial charge in [0, 0.05) is 0 Å².